The van der Waals surface area contributed by atoms with Crippen molar-refractivity contribution in [3.63, 3.8) is 0 Å². The second-order valence-electron chi connectivity index (χ2n) is 13.5. The van der Waals surface area contributed by atoms with Gasteiger partial charge in [-0.15, -0.1) is 0 Å². The van der Waals surface area contributed by atoms with Crippen LogP contribution in [0.5, 0.6) is 0 Å². The topological polar surface area (TPSA) is 80.9 Å². The lowest BCUT2D eigenvalue weighted by Gasteiger charge is -2.44. The van der Waals surface area contributed by atoms with Gasteiger partial charge in [0.15, 0.2) is 0 Å². The molecule has 38 heavy (non-hydrogen) atoms. The van der Waals surface area contributed by atoms with Gasteiger partial charge in [-0.05, 0) is 92.1 Å². The lowest BCUT2D eigenvalue weighted by atomic mass is 9.61. The van der Waals surface area contributed by atoms with E-state index in [0.29, 0.717) is 30.6 Å². The monoisotopic (exact) mass is 526 g/mol. The number of fused-ring (bicyclic) bond motifs is 1. The summed E-state index contributed by atoms with van der Waals surface area (Å²) in [7, 11) is 0. The van der Waals surface area contributed by atoms with Crippen molar-refractivity contribution in [1.29, 1.82) is 0 Å². The molecule has 4 rings (SSSR count). The van der Waals surface area contributed by atoms with Crippen molar-refractivity contribution in [2.75, 3.05) is 0 Å². The van der Waals surface area contributed by atoms with Crippen LogP contribution in [-0.2, 0) is 0 Å². The molecule has 4 nitrogen and oxygen atoms in total. The van der Waals surface area contributed by atoms with E-state index >= 15 is 0 Å². The average molecular weight is 527 g/mol. The second-order valence-corrected chi connectivity index (χ2v) is 13.5. The van der Waals surface area contributed by atoms with Gasteiger partial charge >= 0.3 is 0 Å². The first kappa shape index (κ1) is 29.8. The fourth-order valence-corrected chi connectivity index (χ4v) is 8.24. The molecule has 4 N–H and O–H groups in total. The Balaban J connectivity index is 1.39. The van der Waals surface area contributed by atoms with E-state index in [-0.39, 0.29) is 10.8 Å². The summed E-state index contributed by atoms with van der Waals surface area (Å²) in [5.41, 5.74) is 3.18. The van der Waals surface area contributed by atoms with E-state index in [9.17, 15) is 20.4 Å². The third-order valence-corrected chi connectivity index (χ3v) is 10.9. The fourth-order valence-electron chi connectivity index (χ4n) is 8.24. The van der Waals surface area contributed by atoms with Gasteiger partial charge in [0.25, 0.3) is 0 Å². The maximum absolute atomic E-state index is 11.1. The molecule has 214 valence electrons. The molecule has 4 fully saturated rings. The molecule has 0 aliphatic heterocycles. The molecule has 0 aromatic heterocycles. The third kappa shape index (κ3) is 6.24. The summed E-state index contributed by atoms with van der Waals surface area (Å²) in [5, 5.41) is 42.3. The van der Waals surface area contributed by atoms with Crippen molar-refractivity contribution in [2.45, 2.75) is 135 Å². The van der Waals surface area contributed by atoms with Crippen molar-refractivity contribution in [1.82, 2.24) is 0 Å². The first-order valence-corrected chi connectivity index (χ1v) is 15.6. The number of rotatable bonds is 11. The quantitative estimate of drug-likeness (QED) is 0.176. The molecule has 8 atom stereocenters. The van der Waals surface area contributed by atoms with Crippen LogP contribution >= 0.6 is 0 Å². The van der Waals surface area contributed by atoms with Crippen molar-refractivity contribution >= 4 is 0 Å². The molecule has 0 saturated heterocycles. The van der Waals surface area contributed by atoms with E-state index in [1.807, 2.05) is 6.08 Å². The van der Waals surface area contributed by atoms with E-state index < -0.39 is 24.4 Å². The summed E-state index contributed by atoms with van der Waals surface area (Å²) >= 11 is 0. The molecule has 0 amide bonds. The van der Waals surface area contributed by atoms with Gasteiger partial charge in [-0.1, -0.05) is 82.9 Å². The van der Waals surface area contributed by atoms with Crippen molar-refractivity contribution in [2.24, 2.45) is 28.6 Å². The van der Waals surface area contributed by atoms with Crippen LogP contribution in [0.15, 0.2) is 47.6 Å². The van der Waals surface area contributed by atoms with Gasteiger partial charge in [0.2, 0.25) is 0 Å². The fraction of sp³-hybridized carbons (Fsp3) is 0.765. The number of unbranched alkanes of at least 4 members (excludes halogenated alkanes) is 3. The third-order valence-electron chi connectivity index (χ3n) is 10.9. The summed E-state index contributed by atoms with van der Waals surface area (Å²) < 4.78 is 0. The Kier molecular flexibility index (Phi) is 9.83. The minimum Gasteiger partial charge on any atom is -0.393 e. The summed E-state index contributed by atoms with van der Waals surface area (Å²) in [6, 6.07) is 0. The SMILES string of the molecule is C=C1C(=CC=C2CCC[C@@]3(C)C2CCC3[C@H](C)C=CC(O)C2(C(O)CCCCCC)CC2)CC(O)CC1O. The Labute approximate surface area is 231 Å². The Morgan fingerprint density at radius 1 is 1.03 bits per heavy atom. The molecular weight excluding hydrogens is 472 g/mol. The maximum atomic E-state index is 11.1. The van der Waals surface area contributed by atoms with Gasteiger partial charge < -0.3 is 20.4 Å². The molecule has 0 radical (unpaired) electrons. The Bertz CT molecular complexity index is 911. The summed E-state index contributed by atoms with van der Waals surface area (Å²) in [5.74, 6) is 1.53. The number of aliphatic hydroxyl groups excluding tert-OH is 4. The predicted molar refractivity (Wildman–Crippen MR) is 155 cm³/mol. The van der Waals surface area contributed by atoms with E-state index in [2.05, 4.69) is 45.6 Å². The van der Waals surface area contributed by atoms with Crippen molar-refractivity contribution in [3.8, 4) is 0 Å². The largest absolute Gasteiger partial charge is 0.393 e. The van der Waals surface area contributed by atoms with Crippen LogP contribution in [0.1, 0.15) is 111 Å². The molecule has 6 unspecified atom stereocenters. The van der Waals surface area contributed by atoms with E-state index in [4.69, 9.17) is 0 Å². The number of allylic oxidation sites excluding steroid dienone is 4. The van der Waals surface area contributed by atoms with Crippen LogP contribution in [-0.4, -0.2) is 44.8 Å². The van der Waals surface area contributed by atoms with Gasteiger partial charge in [0, 0.05) is 11.8 Å². The Morgan fingerprint density at radius 2 is 1.79 bits per heavy atom. The van der Waals surface area contributed by atoms with Gasteiger partial charge in [-0.2, -0.15) is 0 Å². The molecular formula is C34H54O4. The van der Waals surface area contributed by atoms with Crippen LogP contribution in [0.2, 0.25) is 0 Å². The molecule has 0 aromatic carbocycles. The maximum Gasteiger partial charge on any atom is 0.0811 e. The summed E-state index contributed by atoms with van der Waals surface area (Å²) in [6.45, 7) is 11.1. The summed E-state index contributed by atoms with van der Waals surface area (Å²) in [6.07, 6.45) is 20.8. The highest BCUT2D eigenvalue weighted by atomic mass is 16.3. The van der Waals surface area contributed by atoms with Crippen LogP contribution in [0.25, 0.3) is 0 Å². The zero-order chi connectivity index (χ0) is 27.5. The van der Waals surface area contributed by atoms with Gasteiger partial charge in [-0.25, -0.2) is 0 Å². The number of aliphatic hydroxyl groups is 4. The smallest absolute Gasteiger partial charge is 0.0811 e. The highest BCUT2D eigenvalue weighted by molar-refractivity contribution is 5.38. The van der Waals surface area contributed by atoms with Gasteiger partial charge in [-0.3, -0.25) is 0 Å². The van der Waals surface area contributed by atoms with E-state index in [1.165, 1.54) is 50.5 Å². The zero-order valence-electron chi connectivity index (χ0n) is 24.2. The van der Waals surface area contributed by atoms with Crippen molar-refractivity contribution in [3.05, 3.63) is 47.6 Å². The minimum absolute atomic E-state index is 0.246. The Morgan fingerprint density at radius 3 is 2.50 bits per heavy atom. The van der Waals surface area contributed by atoms with Crippen molar-refractivity contribution < 1.29 is 20.4 Å². The Hall–Kier alpha value is -1.20. The summed E-state index contributed by atoms with van der Waals surface area (Å²) in [4.78, 5) is 0. The van der Waals surface area contributed by atoms with E-state index in [0.717, 1.165) is 43.3 Å². The normalized spacial score (nSPS) is 37.5. The lowest BCUT2D eigenvalue weighted by molar-refractivity contribution is 0.0111. The molecule has 4 saturated carbocycles. The van der Waals surface area contributed by atoms with Crippen LogP contribution < -0.4 is 0 Å². The highest BCUT2D eigenvalue weighted by Gasteiger charge is 2.53. The minimum atomic E-state index is -0.643. The van der Waals surface area contributed by atoms with Crippen LogP contribution in [0.3, 0.4) is 0 Å². The molecule has 4 heteroatoms. The van der Waals surface area contributed by atoms with Crippen LogP contribution in [0.4, 0.5) is 0 Å². The van der Waals surface area contributed by atoms with E-state index in [1.54, 1.807) is 0 Å². The molecule has 4 aliphatic rings. The highest BCUT2D eigenvalue weighted by Crippen LogP contribution is 2.60. The number of hydrogen-bond acceptors (Lipinski definition) is 4. The molecule has 0 bridgehead atoms. The second kappa shape index (κ2) is 12.5. The molecule has 0 aromatic rings. The van der Waals surface area contributed by atoms with Gasteiger partial charge in [0.1, 0.15) is 0 Å². The molecule has 0 heterocycles. The lowest BCUT2D eigenvalue weighted by Crippen LogP contribution is -2.36. The number of hydrogen-bond donors (Lipinski definition) is 4. The first-order valence-electron chi connectivity index (χ1n) is 15.6. The zero-order valence-corrected chi connectivity index (χ0v) is 24.2. The molecule has 0 spiro atoms. The standard InChI is InChI=1S/C34H54O4/c1-5-6-7-8-11-31(37)34(19-20-34)32(38)17-12-23(2)28-15-16-29-25(10-9-18-33(28,29)4)13-14-26-21-27(35)22-30(36)24(26)3/h12-14,17,23,27-32,35-38H,3,5-11,15-16,18-22H2,1-2,4H3/t23-,27?,28?,29?,30?,31?,32?,33-/m1/s1. The predicted octanol–water partition coefficient (Wildman–Crippen LogP) is 6.79. The first-order chi connectivity index (χ1) is 18.1. The average Bonchev–Trinajstić information content (AvgIpc) is 3.62. The van der Waals surface area contributed by atoms with Crippen LogP contribution in [0, 0.1) is 28.6 Å². The van der Waals surface area contributed by atoms with Gasteiger partial charge in [0.05, 0.1) is 24.4 Å². The molecule has 4 aliphatic carbocycles.